The van der Waals surface area contributed by atoms with Gasteiger partial charge in [-0.1, -0.05) is 26.0 Å². The average molecular weight is 246 g/mol. The molecule has 1 aromatic rings. The summed E-state index contributed by atoms with van der Waals surface area (Å²) in [6.07, 6.45) is 0.938. The molecule has 0 aromatic heterocycles. The standard InChI is InChI=1S/C15H22N2O/c1-14(2,7-8-16)10-5-6-12-11(9-10)15(3,4)13(18)17-12/h5-6,9H,7-8,16H2,1-4H3,(H,17,18). The molecule has 1 heterocycles. The van der Waals surface area contributed by atoms with Gasteiger partial charge < -0.3 is 11.1 Å². The van der Waals surface area contributed by atoms with Crippen LogP contribution in [0.1, 0.15) is 45.2 Å². The lowest BCUT2D eigenvalue weighted by atomic mass is 9.78. The molecule has 1 amide bonds. The molecule has 3 heteroatoms. The molecule has 1 aliphatic rings. The molecule has 0 saturated carbocycles. The number of hydrogen-bond donors (Lipinski definition) is 2. The van der Waals surface area contributed by atoms with E-state index in [0.29, 0.717) is 6.54 Å². The van der Waals surface area contributed by atoms with Crippen molar-refractivity contribution in [2.45, 2.75) is 44.9 Å². The highest BCUT2D eigenvalue weighted by atomic mass is 16.2. The number of anilines is 1. The molecule has 0 fully saturated rings. The van der Waals surface area contributed by atoms with Crippen molar-refractivity contribution in [3.8, 4) is 0 Å². The number of carbonyl (C=O) groups is 1. The number of benzene rings is 1. The summed E-state index contributed by atoms with van der Waals surface area (Å²) < 4.78 is 0. The summed E-state index contributed by atoms with van der Waals surface area (Å²) in [5.41, 5.74) is 8.56. The Morgan fingerprint density at radius 1 is 1.33 bits per heavy atom. The lowest BCUT2D eigenvalue weighted by Gasteiger charge is -2.26. The van der Waals surface area contributed by atoms with Crippen molar-refractivity contribution in [2.75, 3.05) is 11.9 Å². The first-order valence-corrected chi connectivity index (χ1v) is 6.45. The Labute approximate surface area is 109 Å². The monoisotopic (exact) mass is 246 g/mol. The van der Waals surface area contributed by atoms with Gasteiger partial charge in [-0.3, -0.25) is 4.79 Å². The molecule has 1 aromatic carbocycles. The van der Waals surface area contributed by atoms with Gasteiger partial charge in [0.05, 0.1) is 5.41 Å². The van der Waals surface area contributed by atoms with E-state index in [1.807, 2.05) is 19.9 Å². The maximum Gasteiger partial charge on any atom is 0.234 e. The van der Waals surface area contributed by atoms with Gasteiger partial charge >= 0.3 is 0 Å². The van der Waals surface area contributed by atoms with E-state index in [1.54, 1.807) is 0 Å². The lowest BCUT2D eigenvalue weighted by Crippen LogP contribution is -2.27. The minimum Gasteiger partial charge on any atom is -0.330 e. The van der Waals surface area contributed by atoms with Crippen molar-refractivity contribution in [3.05, 3.63) is 29.3 Å². The number of fused-ring (bicyclic) bond motifs is 1. The van der Waals surface area contributed by atoms with Crippen LogP contribution in [0.15, 0.2) is 18.2 Å². The van der Waals surface area contributed by atoms with E-state index in [4.69, 9.17) is 5.73 Å². The van der Waals surface area contributed by atoms with Crippen LogP contribution in [0.5, 0.6) is 0 Å². The zero-order valence-electron chi connectivity index (χ0n) is 11.6. The zero-order valence-corrected chi connectivity index (χ0v) is 11.6. The molecule has 3 nitrogen and oxygen atoms in total. The van der Waals surface area contributed by atoms with Gasteiger partial charge in [0.2, 0.25) is 5.91 Å². The molecule has 18 heavy (non-hydrogen) atoms. The van der Waals surface area contributed by atoms with Gasteiger partial charge in [-0.25, -0.2) is 0 Å². The Kier molecular flexibility index (Phi) is 2.98. The number of amides is 1. The maximum absolute atomic E-state index is 11.9. The summed E-state index contributed by atoms with van der Waals surface area (Å²) in [6.45, 7) is 8.99. The number of rotatable bonds is 3. The van der Waals surface area contributed by atoms with Crippen molar-refractivity contribution in [3.63, 3.8) is 0 Å². The highest BCUT2D eigenvalue weighted by Crippen LogP contribution is 2.40. The maximum atomic E-state index is 11.9. The van der Waals surface area contributed by atoms with E-state index in [-0.39, 0.29) is 11.3 Å². The Morgan fingerprint density at radius 2 is 2.00 bits per heavy atom. The highest BCUT2D eigenvalue weighted by molar-refractivity contribution is 6.05. The molecule has 0 spiro atoms. The third-order valence-corrected chi connectivity index (χ3v) is 4.06. The average Bonchev–Trinajstić information content (AvgIpc) is 2.50. The van der Waals surface area contributed by atoms with Gasteiger partial charge in [-0.2, -0.15) is 0 Å². The Balaban J connectivity index is 2.46. The van der Waals surface area contributed by atoms with Gasteiger partial charge in [-0.05, 0) is 49.4 Å². The summed E-state index contributed by atoms with van der Waals surface area (Å²) in [4.78, 5) is 11.9. The summed E-state index contributed by atoms with van der Waals surface area (Å²) in [5, 5.41) is 2.93. The van der Waals surface area contributed by atoms with Gasteiger partial charge in [0.1, 0.15) is 0 Å². The van der Waals surface area contributed by atoms with Crippen LogP contribution >= 0.6 is 0 Å². The SMILES string of the molecule is CC(C)(CCN)c1ccc2c(c1)C(C)(C)C(=O)N2. The van der Waals surface area contributed by atoms with Crippen LogP contribution in [0.2, 0.25) is 0 Å². The van der Waals surface area contributed by atoms with Crippen LogP contribution in [0, 0.1) is 0 Å². The van der Waals surface area contributed by atoms with Crippen LogP contribution in [-0.2, 0) is 15.6 Å². The van der Waals surface area contributed by atoms with Crippen LogP contribution < -0.4 is 11.1 Å². The number of nitrogens with one attached hydrogen (secondary N) is 1. The fourth-order valence-corrected chi connectivity index (χ4v) is 2.50. The summed E-state index contributed by atoms with van der Waals surface area (Å²) in [6, 6.07) is 6.26. The molecular formula is C15H22N2O. The van der Waals surface area contributed by atoms with Crippen LogP contribution in [0.3, 0.4) is 0 Å². The molecule has 0 atom stereocenters. The van der Waals surface area contributed by atoms with E-state index < -0.39 is 5.41 Å². The quantitative estimate of drug-likeness (QED) is 0.861. The summed E-state index contributed by atoms with van der Waals surface area (Å²) in [5.74, 6) is 0.0753. The van der Waals surface area contributed by atoms with Crippen molar-refractivity contribution in [1.82, 2.24) is 0 Å². The topological polar surface area (TPSA) is 55.1 Å². The smallest absolute Gasteiger partial charge is 0.234 e. The van der Waals surface area contributed by atoms with Crippen molar-refractivity contribution < 1.29 is 4.79 Å². The van der Waals surface area contributed by atoms with E-state index in [0.717, 1.165) is 17.7 Å². The third kappa shape index (κ3) is 1.93. The lowest BCUT2D eigenvalue weighted by molar-refractivity contribution is -0.119. The van der Waals surface area contributed by atoms with Crippen LogP contribution in [-0.4, -0.2) is 12.5 Å². The highest BCUT2D eigenvalue weighted by Gasteiger charge is 2.39. The van der Waals surface area contributed by atoms with Crippen molar-refractivity contribution >= 4 is 11.6 Å². The number of hydrogen-bond acceptors (Lipinski definition) is 2. The second kappa shape index (κ2) is 4.09. The summed E-state index contributed by atoms with van der Waals surface area (Å²) >= 11 is 0. The van der Waals surface area contributed by atoms with Crippen LogP contribution in [0.4, 0.5) is 5.69 Å². The first-order chi connectivity index (χ1) is 8.29. The minimum absolute atomic E-state index is 0.0471. The van der Waals surface area contributed by atoms with Gasteiger partial charge in [0.15, 0.2) is 0 Å². The normalized spacial score (nSPS) is 17.5. The molecule has 2 rings (SSSR count). The Hall–Kier alpha value is -1.35. The number of nitrogens with two attached hydrogens (primary N) is 1. The van der Waals surface area contributed by atoms with Gasteiger partial charge in [-0.15, -0.1) is 0 Å². The fraction of sp³-hybridized carbons (Fsp3) is 0.533. The molecule has 0 radical (unpaired) electrons. The second-order valence-corrected chi connectivity index (χ2v) is 6.26. The van der Waals surface area contributed by atoms with E-state index in [9.17, 15) is 4.79 Å². The third-order valence-electron chi connectivity index (χ3n) is 4.06. The number of carbonyl (C=O) groups excluding carboxylic acids is 1. The molecule has 1 aliphatic heterocycles. The summed E-state index contributed by atoms with van der Waals surface area (Å²) in [7, 11) is 0. The first-order valence-electron chi connectivity index (χ1n) is 6.45. The predicted octanol–water partition coefficient (Wildman–Crippen LogP) is 2.54. The molecular weight excluding hydrogens is 224 g/mol. The molecule has 0 bridgehead atoms. The van der Waals surface area contributed by atoms with Gasteiger partial charge in [0.25, 0.3) is 0 Å². The predicted molar refractivity (Wildman–Crippen MR) is 74.8 cm³/mol. The van der Waals surface area contributed by atoms with Crippen LogP contribution in [0.25, 0.3) is 0 Å². The van der Waals surface area contributed by atoms with E-state index in [2.05, 4.69) is 31.3 Å². The largest absolute Gasteiger partial charge is 0.330 e. The fourth-order valence-electron chi connectivity index (χ4n) is 2.50. The molecule has 0 saturated heterocycles. The second-order valence-electron chi connectivity index (χ2n) is 6.26. The molecule has 0 unspecified atom stereocenters. The Morgan fingerprint density at radius 3 is 2.61 bits per heavy atom. The Bertz CT molecular complexity index is 489. The van der Waals surface area contributed by atoms with Gasteiger partial charge in [0, 0.05) is 5.69 Å². The first kappa shape index (κ1) is 13.1. The zero-order chi connectivity index (χ0) is 13.6. The van der Waals surface area contributed by atoms with Crippen molar-refractivity contribution in [1.29, 1.82) is 0 Å². The van der Waals surface area contributed by atoms with E-state index in [1.165, 1.54) is 5.56 Å². The molecule has 98 valence electrons. The van der Waals surface area contributed by atoms with E-state index >= 15 is 0 Å². The molecule has 0 aliphatic carbocycles. The minimum atomic E-state index is -0.440. The molecule has 3 N–H and O–H groups in total. The van der Waals surface area contributed by atoms with Crippen molar-refractivity contribution in [2.24, 2.45) is 5.73 Å².